The number of fused-ring (bicyclic) bond motifs is 2. The van der Waals surface area contributed by atoms with Crippen LogP contribution in [-0.4, -0.2) is 25.5 Å². The van der Waals surface area contributed by atoms with Crippen molar-refractivity contribution in [2.75, 3.05) is 23.9 Å². The number of nitrogens with one attached hydrogen (secondary N) is 1. The number of carbonyl (C=O) groups excluding carboxylic acids is 2. The largest absolute Gasteiger partial charge is 0.495 e. The number of hydrogen-bond acceptors (Lipinski definition) is 3. The molecule has 1 aromatic rings. The number of ether oxygens (including phenoxy) is 1. The van der Waals surface area contributed by atoms with E-state index in [1.165, 1.54) is 25.7 Å². The molecule has 2 aliphatic carbocycles. The maximum atomic E-state index is 12.5. The van der Waals surface area contributed by atoms with Crippen LogP contribution in [-0.2, 0) is 9.59 Å². The average Bonchev–Trinajstić information content (AvgIpc) is 3.25. The van der Waals surface area contributed by atoms with Crippen LogP contribution in [0.2, 0.25) is 0 Å². The van der Waals surface area contributed by atoms with Gasteiger partial charge in [0.05, 0.1) is 12.8 Å². The summed E-state index contributed by atoms with van der Waals surface area (Å²) in [5, 5.41) is 3.04. The summed E-state index contributed by atoms with van der Waals surface area (Å²) < 4.78 is 5.44. The van der Waals surface area contributed by atoms with Crippen molar-refractivity contribution < 1.29 is 14.3 Å². The van der Waals surface area contributed by atoms with Crippen molar-refractivity contribution in [3.8, 4) is 5.75 Å². The molecule has 26 heavy (non-hydrogen) atoms. The lowest BCUT2D eigenvalue weighted by molar-refractivity contribution is -0.119. The van der Waals surface area contributed by atoms with E-state index in [1.54, 1.807) is 12.0 Å². The second-order valence-electron chi connectivity index (χ2n) is 8.08. The molecule has 2 saturated carbocycles. The molecule has 1 heterocycles. The SMILES string of the molecule is COc1ccc(NC(=O)C[C@@H]2C[C@H]3CC[C@H]2C3)cc1N1CCCCC1=O. The van der Waals surface area contributed by atoms with Gasteiger partial charge in [-0.3, -0.25) is 9.59 Å². The lowest BCUT2D eigenvalue weighted by Crippen LogP contribution is -2.35. The highest BCUT2D eigenvalue weighted by atomic mass is 16.5. The summed E-state index contributed by atoms with van der Waals surface area (Å²) >= 11 is 0. The molecule has 2 amide bonds. The molecule has 140 valence electrons. The quantitative estimate of drug-likeness (QED) is 0.868. The number of benzene rings is 1. The molecule has 0 radical (unpaired) electrons. The predicted octanol–water partition coefficient (Wildman–Crippen LogP) is 3.98. The Morgan fingerprint density at radius 1 is 1.27 bits per heavy atom. The molecular formula is C21H28N2O3. The van der Waals surface area contributed by atoms with Gasteiger partial charge in [0, 0.05) is 25.1 Å². The fourth-order valence-corrected chi connectivity index (χ4v) is 5.12. The van der Waals surface area contributed by atoms with E-state index in [4.69, 9.17) is 4.74 Å². The van der Waals surface area contributed by atoms with E-state index in [9.17, 15) is 9.59 Å². The molecule has 0 aromatic heterocycles. The van der Waals surface area contributed by atoms with Gasteiger partial charge in [0.2, 0.25) is 11.8 Å². The Kier molecular flexibility index (Phi) is 4.88. The van der Waals surface area contributed by atoms with Crippen molar-refractivity contribution in [2.45, 2.75) is 51.4 Å². The predicted molar refractivity (Wildman–Crippen MR) is 101 cm³/mol. The molecule has 4 rings (SSSR count). The summed E-state index contributed by atoms with van der Waals surface area (Å²) in [6.45, 7) is 0.706. The Morgan fingerprint density at radius 3 is 2.85 bits per heavy atom. The molecule has 0 spiro atoms. The minimum Gasteiger partial charge on any atom is -0.495 e. The first-order chi connectivity index (χ1) is 12.6. The third-order valence-electron chi connectivity index (χ3n) is 6.41. The highest BCUT2D eigenvalue weighted by molar-refractivity contribution is 5.97. The van der Waals surface area contributed by atoms with Gasteiger partial charge in [-0.1, -0.05) is 6.42 Å². The fraction of sp³-hybridized carbons (Fsp3) is 0.619. The Balaban J connectivity index is 1.45. The summed E-state index contributed by atoms with van der Waals surface area (Å²) in [4.78, 5) is 26.6. The molecule has 5 heteroatoms. The number of amides is 2. The second-order valence-corrected chi connectivity index (χ2v) is 8.08. The standard InChI is InChI=1S/C21H28N2O3/c1-26-19-8-7-17(13-18(19)23-9-3-2-4-21(23)25)22-20(24)12-16-11-14-5-6-15(16)10-14/h7-8,13-16H,2-6,9-12H2,1H3,(H,22,24)/t14-,15-,16-/m0/s1. The van der Waals surface area contributed by atoms with Crippen molar-refractivity contribution in [3.05, 3.63) is 18.2 Å². The first-order valence-corrected chi connectivity index (χ1v) is 9.92. The maximum absolute atomic E-state index is 12.5. The third-order valence-corrected chi connectivity index (χ3v) is 6.41. The zero-order chi connectivity index (χ0) is 18.1. The summed E-state index contributed by atoms with van der Waals surface area (Å²) in [5.41, 5.74) is 1.50. The lowest BCUT2D eigenvalue weighted by Gasteiger charge is -2.28. The minimum absolute atomic E-state index is 0.0867. The van der Waals surface area contributed by atoms with E-state index in [0.717, 1.165) is 36.1 Å². The number of rotatable bonds is 5. The third kappa shape index (κ3) is 3.44. The Morgan fingerprint density at radius 2 is 2.15 bits per heavy atom. The van der Waals surface area contributed by atoms with E-state index in [1.807, 2.05) is 18.2 Å². The summed E-state index contributed by atoms with van der Waals surface area (Å²) in [7, 11) is 1.61. The van der Waals surface area contributed by atoms with Gasteiger partial charge < -0.3 is 15.0 Å². The topological polar surface area (TPSA) is 58.6 Å². The van der Waals surface area contributed by atoms with Crippen LogP contribution in [0.3, 0.4) is 0 Å². The van der Waals surface area contributed by atoms with E-state index < -0.39 is 0 Å². The molecule has 0 unspecified atom stereocenters. The van der Waals surface area contributed by atoms with Crippen LogP contribution in [0.25, 0.3) is 0 Å². The Hall–Kier alpha value is -2.04. The Labute approximate surface area is 155 Å². The van der Waals surface area contributed by atoms with E-state index in [-0.39, 0.29) is 11.8 Å². The van der Waals surface area contributed by atoms with E-state index in [2.05, 4.69) is 5.32 Å². The Bertz CT molecular complexity index is 702. The van der Waals surface area contributed by atoms with Gasteiger partial charge in [0.1, 0.15) is 5.75 Å². The normalized spacial score (nSPS) is 27.7. The highest BCUT2D eigenvalue weighted by Gasteiger charge is 2.40. The van der Waals surface area contributed by atoms with Crippen molar-refractivity contribution in [3.63, 3.8) is 0 Å². The van der Waals surface area contributed by atoms with Crippen molar-refractivity contribution in [1.29, 1.82) is 0 Å². The number of carbonyl (C=O) groups is 2. The van der Waals surface area contributed by atoms with Gasteiger partial charge in [-0.05, 0) is 68.1 Å². The van der Waals surface area contributed by atoms with Crippen LogP contribution >= 0.6 is 0 Å². The summed E-state index contributed by atoms with van der Waals surface area (Å²) in [5.74, 6) is 3.05. The number of anilines is 2. The second kappa shape index (κ2) is 7.29. The number of piperidine rings is 1. The molecule has 1 saturated heterocycles. The first kappa shape index (κ1) is 17.4. The summed E-state index contributed by atoms with van der Waals surface area (Å²) in [6.07, 6.45) is 8.32. The minimum atomic E-state index is 0.0867. The molecule has 1 aromatic carbocycles. The van der Waals surface area contributed by atoms with Gasteiger partial charge in [0.25, 0.3) is 0 Å². The molecule has 1 aliphatic heterocycles. The zero-order valence-corrected chi connectivity index (χ0v) is 15.5. The van der Waals surface area contributed by atoms with Gasteiger partial charge >= 0.3 is 0 Å². The van der Waals surface area contributed by atoms with Crippen LogP contribution in [0.5, 0.6) is 5.75 Å². The molecule has 3 atom stereocenters. The van der Waals surface area contributed by atoms with Crippen LogP contribution < -0.4 is 15.0 Å². The number of hydrogen-bond donors (Lipinski definition) is 1. The van der Waals surface area contributed by atoms with Gasteiger partial charge in [0.15, 0.2) is 0 Å². The molecule has 1 N–H and O–H groups in total. The van der Waals surface area contributed by atoms with Gasteiger partial charge in [-0.2, -0.15) is 0 Å². The van der Waals surface area contributed by atoms with Crippen LogP contribution in [0.4, 0.5) is 11.4 Å². The van der Waals surface area contributed by atoms with E-state index in [0.29, 0.717) is 31.1 Å². The molecule has 2 bridgehead atoms. The van der Waals surface area contributed by atoms with E-state index >= 15 is 0 Å². The molecule has 3 fully saturated rings. The smallest absolute Gasteiger partial charge is 0.227 e. The monoisotopic (exact) mass is 356 g/mol. The van der Waals surface area contributed by atoms with Crippen LogP contribution in [0, 0.1) is 17.8 Å². The van der Waals surface area contributed by atoms with Crippen LogP contribution in [0.1, 0.15) is 51.4 Å². The fourth-order valence-electron chi connectivity index (χ4n) is 5.12. The lowest BCUT2D eigenvalue weighted by atomic mass is 9.86. The highest BCUT2D eigenvalue weighted by Crippen LogP contribution is 2.49. The van der Waals surface area contributed by atoms with Crippen molar-refractivity contribution in [2.24, 2.45) is 17.8 Å². The molecular weight excluding hydrogens is 328 g/mol. The summed E-state index contributed by atoms with van der Waals surface area (Å²) in [6, 6.07) is 5.57. The first-order valence-electron chi connectivity index (χ1n) is 9.92. The van der Waals surface area contributed by atoms with Crippen molar-refractivity contribution >= 4 is 23.2 Å². The number of nitrogens with zero attached hydrogens (tertiary/aromatic N) is 1. The maximum Gasteiger partial charge on any atom is 0.227 e. The van der Waals surface area contributed by atoms with Crippen LogP contribution in [0.15, 0.2) is 18.2 Å². The molecule has 3 aliphatic rings. The molecule has 5 nitrogen and oxygen atoms in total. The number of methoxy groups -OCH3 is 1. The van der Waals surface area contributed by atoms with Gasteiger partial charge in [-0.25, -0.2) is 0 Å². The van der Waals surface area contributed by atoms with Crippen molar-refractivity contribution in [1.82, 2.24) is 0 Å². The average molecular weight is 356 g/mol. The van der Waals surface area contributed by atoms with Gasteiger partial charge in [-0.15, -0.1) is 0 Å². The zero-order valence-electron chi connectivity index (χ0n) is 15.5.